The highest BCUT2D eigenvalue weighted by molar-refractivity contribution is 7.47. The molecule has 8 nitrogen and oxygen atoms in total. The zero-order valence-corrected chi connectivity index (χ0v) is 29.1. The van der Waals surface area contributed by atoms with E-state index in [9.17, 15) is 19.4 Å². The summed E-state index contributed by atoms with van der Waals surface area (Å²) < 4.78 is 22.0. The van der Waals surface area contributed by atoms with E-state index in [1.807, 2.05) is 0 Å². The molecule has 43 heavy (non-hydrogen) atoms. The zero-order chi connectivity index (χ0) is 31.9. The molecule has 0 aromatic carbocycles. The molecule has 0 aromatic heterocycles. The molecule has 0 saturated heterocycles. The fraction of sp³-hybridized carbons (Fsp3) is 0.971. The average Bonchev–Trinajstić information content (AvgIpc) is 2.99. The minimum absolute atomic E-state index is 0.0917. The lowest BCUT2D eigenvalue weighted by molar-refractivity contribution is -0.123. The maximum atomic E-state index is 12.6. The third kappa shape index (κ3) is 29.9. The molecule has 0 spiro atoms. The number of carbonyl (C=O) groups is 1. The summed E-state index contributed by atoms with van der Waals surface area (Å²) in [5, 5.41) is 13.6. The summed E-state index contributed by atoms with van der Waals surface area (Å²) in [5.41, 5.74) is 5.34. The van der Waals surface area contributed by atoms with Crippen LogP contribution in [0.1, 0.15) is 181 Å². The van der Waals surface area contributed by atoms with Crippen LogP contribution in [-0.2, 0) is 18.4 Å². The molecule has 0 saturated carbocycles. The van der Waals surface area contributed by atoms with E-state index in [2.05, 4.69) is 19.2 Å². The van der Waals surface area contributed by atoms with Gasteiger partial charge in [-0.25, -0.2) is 4.57 Å². The van der Waals surface area contributed by atoms with Crippen LogP contribution in [0.3, 0.4) is 0 Å². The fourth-order valence-corrected chi connectivity index (χ4v) is 6.19. The molecule has 0 bridgehead atoms. The molecule has 0 aromatic rings. The van der Waals surface area contributed by atoms with Crippen LogP contribution in [0.25, 0.3) is 0 Å². The smallest absolute Gasteiger partial charge is 0.391 e. The first-order valence-corrected chi connectivity index (χ1v) is 19.6. The second kappa shape index (κ2) is 31.5. The molecule has 3 atom stereocenters. The molecule has 9 heteroatoms. The Bertz CT molecular complexity index is 654. The molecule has 0 radical (unpaired) electrons. The molecule has 0 aliphatic rings. The first-order valence-electron chi connectivity index (χ1n) is 18.2. The van der Waals surface area contributed by atoms with Gasteiger partial charge in [-0.05, 0) is 12.8 Å². The number of phosphoric ester groups is 1. The highest BCUT2D eigenvalue weighted by atomic mass is 31.2. The Balaban J connectivity index is 4.15. The van der Waals surface area contributed by atoms with Crippen molar-refractivity contribution >= 4 is 13.7 Å². The van der Waals surface area contributed by atoms with Crippen LogP contribution in [0.4, 0.5) is 0 Å². The standard InChI is InChI=1S/C34H71N2O6P/c1-3-5-7-9-11-13-14-15-16-17-18-19-20-22-24-26-28-34(38)36-32(31-42-43(39,40)41-30-29-35)33(37)27-25-23-21-12-10-8-6-4-2/h32-33,37H,3-31,35H2,1-2H3,(H,36,38)(H,39,40). The van der Waals surface area contributed by atoms with Gasteiger partial charge in [0, 0.05) is 13.0 Å². The first-order chi connectivity index (χ1) is 20.9. The van der Waals surface area contributed by atoms with Gasteiger partial charge in [0.1, 0.15) is 0 Å². The summed E-state index contributed by atoms with van der Waals surface area (Å²) in [4.78, 5) is 22.5. The Hall–Kier alpha value is -0.500. The van der Waals surface area contributed by atoms with Gasteiger partial charge in [-0.1, -0.05) is 162 Å². The molecule has 3 unspecified atom stereocenters. The maximum absolute atomic E-state index is 12.6. The van der Waals surface area contributed by atoms with E-state index in [1.165, 1.54) is 116 Å². The summed E-state index contributed by atoms with van der Waals surface area (Å²) >= 11 is 0. The third-order valence-corrected chi connectivity index (χ3v) is 9.20. The molecule has 0 aliphatic carbocycles. The summed E-state index contributed by atoms with van der Waals surface area (Å²) in [7, 11) is -4.29. The van der Waals surface area contributed by atoms with E-state index in [1.54, 1.807) is 0 Å². The number of aliphatic hydroxyl groups excluding tert-OH is 1. The summed E-state index contributed by atoms with van der Waals surface area (Å²) in [6.45, 7) is 4.17. The van der Waals surface area contributed by atoms with Gasteiger partial charge in [-0.15, -0.1) is 0 Å². The van der Waals surface area contributed by atoms with Gasteiger partial charge in [-0.3, -0.25) is 13.8 Å². The van der Waals surface area contributed by atoms with Crippen molar-refractivity contribution in [2.45, 2.75) is 193 Å². The number of hydrogen-bond acceptors (Lipinski definition) is 6. The predicted octanol–water partition coefficient (Wildman–Crippen LogP) is 9.11. The van der Waals surface area contributed by atoms with Gasteiger partial charge in [0.25, 0.3) is 0 Å². The highest BCUT2D eigenvalue weighted by Crippen LogP contribution is 2.43. The lowest BCUT2D eigenvalue weighted by Gasteiger charge is -2.25. The predicted molar refractivity (Wildman–Crippen MR) is 180 cm³/mol. The molecule has 0 rings (SSSR count). The van der Waals surface area contributed by atoms with E-state index in [4.69, 9.17) is 14.8 Å². The lowest BCUT2D eigenvalue weighted by Crippen LogP contribution is -2.46. The number of nitrogens with one attached hydrogen (secondary N) is 1. The van der Waals surface area contributed by atoms with Crippen LogP contribution >= 0.6 is 7.82 Å². The van der Waals surface area contributed by atoms with E-state index < -0.39 is 20.0 Å². The second-order valence-corrected chi connectivity index (χ2v) is 13.9. The van der Waals surface area contributed by atoms with Gasteiger partial charge >= 0.3 is 7.82 Å². The van der Waals surface area contributed by atoms with Gasteiger partial charge in [0.05, 0.1) is 25.4 Å². The normalized spacial score (nSPS) is 14.4. The van der Waals surface area contributed by atoms with Crippen LogP contribution in [0.15, 0.2) is 0 Å². The van der Waals surface area contributed by atoms with Crippen molar-refractivity contribution in [3.63, 3.8) is 0 Å². The second-order valence-electron chi connectivity index (χ2n) is 12.4. The van der Waals surface area contributed by atoms with Crippen molar-refractivity contribution in [2.24, 2.45) is 5.73 Å². The Morgan fingerprint density at radius 2 is 1.07 bits per heavy atom. The monoisotopic (exact) mass is 635 g/mol. The molecule has 5 N–H and O–H groups in total. The summed E-state index contributed by atoms with van der Waals surface area (Å²) in [6, 6.07) is -0.764. The van der Waals surface area contributed by atoms with Crippen molar-refractivity contribution < 1.29 is 28.4 Å². The Labute approximate surface area is 265 Å². The van der Waals surface area contributed by atoms with Crippen LogP contribution in [0, 0.1) is 0 Å². The fourth-order valence-electron chi connectivity index (χ4n) is 5.43. The highest BCUT2D eigenvalue weighted by Gasteiger charge is 2.27. The third-order valence-electron chi connectivity index (χ3n) is 8.21. The number of nitrogens with two attached hydrogens (primary N) is 1. The molecule has 0 fully saturated rings. The SMILES string of the molecule is CCCCCCCCCCCCCCCCCCC(=O)NC(COP(=O)(O)OCCN)C(O)CCCCCCCCCC. The lowest BCUT2D eigenvalue weighted by atomic mass is 10.0. The van der Waals surface area contributed by atoms with Gasteiger partial charge in [-0.2, -0.15) is 0 Å². The average molecular weight is 635 g/mol. The Morgan fingerprint density at radius 3 is 1.49 bits per heavy atom. The number of aliphatic hydroxyl groups is 1. The van der Waals surface area contributed by atoms with Crippen LogP contribution in [0.5, 0.6) is 0 Å². The van der Waals surface area contributed by atoms with Crippen molar-refractivity contribution in [3.8, 4) is 0 Å². The van der Waals surface area contributed by atoms with Crippen molar-refractivity contribution in [1.29, 1.82) is 0 Å². The first kappa shape index (κ1) is 42.5. The number of hydrogen-bond donors (Lipinski definition) is 4. The van der Waals surface area contributed by atoms with E-state index in [-0.39, 0.29) is 25.7 Å². The number of amides is 1. The van der Waals surface area contributed by atoms with Crippen LogP contribution in [0.2, 0.25) is 0 Å². The largest absolute Gasteiger partial charge is 0.472 e. The number of phosphoric acid groups is 1. The Morgan fingerprint density at radius 1 is 0.674 bits per heavy atom. The van der Waals surface area contributed by atoms with Gasteiger partial charge < -0.3 is 21.1 Å². The van der Waals surface area contributed by atoms with Gasteiger partial charge in [0.2, 0.25) is 5.91 Å². The quantitative estimate of drug-likeness (QED) is 0.0410. The van der Waals surface area contributed by atoms with Crippen LogP contribution < -0.4 is 11.1 Å². The maximum Gasteiger partial charge on any atom is 0.472 e. The summed E-state index contributed by atoms with van der Waals surface area (Å²) in [6.07, 6.45) is 29.7. The Kier molecular flexibility index (Phi) is 31.1. The number of carbonyl (C=O) groups excluding carboxylic acids is 1. The van der Waals surface area contributed by atoms with Crippen molar-refractivity contribution in [1.82, 2.24) is 5.32 Å². The minimum atomic E-state index is -4.29. The number of rotatable bonds is 34. The zero-order valence-electron chi connectivity index (χ0n) is 28.2. The van der Waals surface area contributed by atoms with Crippen molar-refractivity contribution in [3.05, 3.63) is 0 Å². The van der Waals surface area contributed by atoms with E-state index >= 15 is 0 Å². The molecule has 258 valence electrons. The topological polar surface area (TPSA) is 131 Å². The number of unbranched alkanes of at least 4 members (excludes halogenated alkanes) is 22. The minimum Gasteiger partial charge on any atom is -0.391 e. The van der Waals surface area contributed by atoms with E-state index in [0.29, 0.717) is 12.8 Å². The van der Waals surface area contributed by atoms with Crippen LogP contribution in [-0.4, -0.2) is 47.8 Å². The van der Waals surface area contributed by atoms with E-state index in [0.717, 1.165) is 38.5 Å². The summed E-state index contributed by atoms with van der Waals surface area (Å²) in [5.74, 6) is -0.162. The molecule has 0 heterocycles. The molecule has 0 aliphatic heterocycles. The van der Waals surface area contributed by atoms with Gasteiger partial charge in [0.15, 0.2) is 0 Å². The molecular formula is C34H71N2O6P. The van der Waals surface area contributed by atoms with Crippen molar-refractivity contribution in [2.75, 3.05) is 19.8 Å². The molecular weight excluding hydrogens is 563 g/mol. The molecule has 1 amide bonds.